The van der Waals surface area contributed by atoms with Gasteiger partial charge in [0.05, 0.1) is 12.7 Å². The standard InChI is InChI=1S/C23H31F2IO2/c1-14-2-5-18-12-20(21(24)22(25)23(18)28-14)27-13-15-3-6-16(7-4-15)17-8-10-19(26)11-9-17/h12,14-17,19H,2-11,13H2,1H3. The van der Waals surface area contributed by atoms with E-state index in [1.807, 2.05) is 6.92 Å². The molecule has 1 heterocycles. The summed E-state index contributed by atoms with van der Waals surface area (Å²) < 4.78 is 41.0. The summed E-state index contributed by atoms with van der Waals surface area (Å²) in [6.07, 6.45) is 11.8. The molecule has 28 heavy (non-hydrogen) atoms. The highest BCUT2D eigenvalue weighted by Crippen LogP contribution is 2.42. The third-order valence-corrected chi connectivity index (χ3v) is 8.32. The number of ether oxygens (including phenoxy) is 2. The van der Waals surface area contributed by atoms with Crippen LogP contribution >= 0.6 is 22.6 Å². The van der Waals surface area contributed by atoms with Crippen LogP contribution in [-0.4, -0.2) is 16.6 Å². The van der Waals surface area contributed by atoms with Gasteiger partial charge in [0.1, 0.15) is 0 Å². The highest BCUT2D eigenvalue weighted by atomic mass is 127. The fraction of sp³-hybridized carbons (Fsp3) is 0.739. The molecule has 0 saturated heterocycles. The van der Waals surface area contributed by atoms with Crippen molar-refractivity contribution < 1.29 is 18.3 Å². The zero-order valence-electron chi connectivity index (χ0n) is 16.7. The quantitative estimate of drug-likeness (QED) is 0.330. The summed E-state index contributed by atoms with van der Waals surface area (Å²) in [5.74, 6) is 0.541. The number of alkyl halides is 1. The Morgan fingerprint density at radius 2 is 1.61 bits per heavy atom. The van der Waals surface area contributed by atoms with E-state index >= 15 is 0 Å². The molecule has 2 aliphatic carbocycles. The van der Waals surface area contributed by atoms with Crippen LogP contribution in [0.5, 0.6) is 11.5 Å². The minimum Gasteiger partial charge on any atom is -0.490 e. The van der Waals surface area contributed by atoms with Gasteiger partial charge in [-0.3, -0.25) is 0 Å². The second-order valence-electron chi connectivity index (χ2n) is 9.06. The van der Waals surface area contributed by atoms with E-state index in [4.69, 9.17) is 9.47 Å². The number of hydrogen-bond acceptors (Lipinski definition) is 2. The molecular weight excluding hydrogens is 473 g/mol. The molecule has 0 spiro atoms. The van der Waals surface area contributed by atoms with Crippen LogP contribution in [0.2, 0.25) is 0 Å². The van der Waals surface area contributed by atoms with Gasteiger partial charge in [-0.15, -0.1) is 0 Å². The van der Waals surface area contributed by atoms with Gasteiger partial charge in [0.25, 0.3) is 0 Å². The summed E-state index contributed by atoms with van der Waals surface area (Å²) in [6, 6.07) is 1.65. The lowest BCUT2D eigenvalue weighted by Crippen LogP contribution is -2.27. The van der Waals surface area contributed by atoms with E-state index < -0.39 is 11.6 Å². The molecule has 2 nitrogen and oxygen atoms in total. The molecule has 3 aliphatic rings. The van der Waals surface area contributed by atoms with Crippen molar-refractivity contribution in [1.82, 2.24) is 0 Å². The molecule has 1 aromatic rings. The predicted octanol–water partition coefficient (Wildman–Crippen LogP) is 6.86. The largest absolute Gasteiger partial charge is 0.490 e. The van der Waals surface area contributed by atoms with Crippen molar-refractivity contribution in [2.45, 2.75) is 81.2 Å². The zero-order valence-corrected chi connectivity index (χ0v) is 18.9. The van der Waals surface area contributed by atoms with Crippen molar-refractivity contribution in [3.63, 3.8) is 0 Å². The van der Waals surface area contributed by atoms with E-state index in [1.165, 1.54) is 38.5 Å². The first-order valence-corrected chi connectivity index (χ1v) is 12.2. The van der Waals surface area contributed by atoms with Gasteiger partial charge in [0.15, 0.2) is 11.5 Å². The average Bonchev–Trinajstić information content (AvgIpc) is 2.71. The lowest BCUT2D eigenvalue weighted by atomic mass is 9.71. The summed E-state index contributed by atoms with van der Waals surface area (Å²) in [5, 5.41) is 0. The van der Waals surface area contributed by atoms with Crippen LogP contribution in [0.25, 0.3) is 0 Å². The van der Waals surface area contributed by atoms with Crippen LogP contribution in [0.4, 0.5) is 8.78 Å². The van der Waals surface area contributed by atoms with E-state index in [0.717, 1.165) is 40.6 Å². The lowest BCUT2D eigenvalue weighted by molar-refractivity contribution is 0.133. The molecule has 0 radical (unpaired) electrons. The first kappa shape index (κ1) is 20.7. The smallest absolute Gasteiger partial charge is 0.204 e. The van der Waals surface area contributed by atoms with Gasteiger partial charge in [-0.05, 0) is 95.0 Å². The Labute approximate surface area is 180 Å². The molecule has 0 amide bonds. The molecule has 0 N–H and O–H groups in total. The van der Waals surface area contributed by atoms with Gasteiger partial charge in [-0.1, -0.05) is 22.6 Å². The Kier molecular flexibility index (Phi) is 6.68. The van der Waals surface area contributed by atoms with Crippen molar-refractivity contribution in [2.75, 3.05) is 6.61 Å². The summed E-state index contributed by atoms with van der Waals surface area (Å²) in [4.78, 5) is 0. The Hall–Kier alpha value is -0.590. The molecule has 0 aromatic heterocycles. The van der Waals surface area contributed by atoms with Gasteiger partial charge in [-0.25, -0.2) is 0 Å². The van der Waals surface area contributed by atoms with Crippen molar-refractivity contribution in [1.29, 1.82) is 0 Å². The Bertz CT molecular complexity index is 680. The second-order valence-corrected chi connectivity index (χ2v) is 10.8. The second kappa shape index (κ2) is 9.05. The number of halogens is 3. The Morgan fingerprint density at radius 3 is 2.29 bits per heavy atom. The molecule has 1 aromatic carbocycles. The molecular formula is C23H31F2IO2. The molecule has 4 rings (SSSR count). The number of fused-ring (bicyclic) bond motifs is 1. The fourth-order valence-corrected chi connectivity index (χ4v) is 5.98. The average molecular weight is 504 g/mol. The SMILES string of the molecule is CC1CCc2cc(OCC3CCC(C4CCC(I)CC4)CC3)c(F)c(F)c2O1. The van der Waals surface area contributed by atoms with Gasteiger partial charge < -0.3 is 9.47 Å². The molecule has 2 saturated carbocycles. The lowest BCUT2D eigenvalue weighted by Gasteiger charge is -2.36. The third-order valence-electron chi connectivity index (χ3n) is 7.08. The number of aryl methyl sites for hydroxylation is 1. The Balaban J connectivity index is 1.30. The van der Waals surface area contributed by atoms with E-state index in [-0.39, 0.29) is 17.6 Å². The molecule has 5 heteroatoms. The van der Waals surface area contributed by atoms with Gasteiger partial charge >= 0.3 is 0 Å². The normalized spacial score (nSPS) is 33.1. The van der Waals surface area contributed by atoms with Gasteiger partial charge in [-0.2, -0.15) is 8.78 Å². The van der Waals surface area contributed by atoms with Crippen LogP contribution in [0.1, 0.15) is 70.3 Å². The van der Waals surface area contributed by atoms with Crippen molar-refractivity contribution in [3.8, 4) is 11.5 Å². The predicted molar refractivity (Wildman–Crippen MR) is 115 cm³/mol. The molecule has 0 bridgehead atoms. The van der Waals surface area contributed by atoms with Crippen molar-refractivity contribution in [3.05, 3.63) is 23.3 Å². The van der Waals surface area contributed by atoms with Crippen LogP contribution in [0, 0.1) is 29.4 Å². The van der Waals surface area contributed by atoms with E-state index in [9.17, 15) is 8.78 Å². The minimum absolute atomic E-state index is 0.0527. The van der Waals surface area contributed by atoms with Crippen LogP contribution in [0.15, 0.2) is 6.07 Å². The summed E-state index contributed by atoms with van der Waals surface area (Å²) >= 11 is 2.59. The van der Waals surface area contributed by atoms with Gasteiger partial charge in [0, 0.05) is 9.49 Å². The maximum Gasteiger partial charge on any atom is 0.204 e. The zero-order chi connectivity index (χ0) is 19.7. The van der Waals surface area contributed by atoms with E-state index in [0.29, 0.717) is 18.9 Å². The number of hydrogen-bond donors (Lipinski definition) is 0. The highest BCUT2D eigenvalue weighted by molar-refractivity contribution is 14.1. The molecule has 1 aliphatic heterocycles. The summed E-state index contributed by atoms with van der Waals surface area (Å²) in [6.45, 7) is 2.37. The first-order chi connectivity index (χ1) is 13.5. The molecule has 2 fully saturated rings. The van der Waals surface area contributed by atoms with Crippen LogP contribution < -0.4 is 9.47 Å². The Morgan fingerprint density at radius 1 is 0.964 bits per heavy atom. The van der Waals surface area contributed by atoms with Crippen molar-refractivity contribution >= 4 is 22.6 Å². The first-order valence-electron chi connectivity index (χ1n) is 11.0. The fourth-order valence-electron chi connectivity index (χ4n) is 5.26. The molecule has 1 unspecified atom stereocenters. The number of benzene rings is 1. The molecule has 1 atom stereocenters. The monoisotopic (exact) mass is 504 g/mol. The highest BCUT2D eigenvalue weighted by Gasteiger charge is 2.31. The van der Waals surface area contributed by atoms with Crippen molar-refractivity contribution in [2.24, 2.45) is 17.8 Å². The minimum atomic E-state index is -0.905. The topological polar surface area (TPSA) is 18.5 Å². The van der Waals surface area contributed by atoms with Gasteiger partial charge in [0.2, 0.25) is 11.6 Å². The van der Waals surface area contributed by atoms with Crippen LogP contribution in [-0.2, 0) is 6.42 Å². The van der Waals surface area contributed by atoms with E-state index in [2.05, 4.69) is 22.6 Å². The summed E-state index contributed by atoms with van der Waals surface area (Å²) in [7, 11) is 0. The molecule has 156 valence electrons. The van der Waals surface area contributed by atoms with Crippen LogP contribution in [0.3, 0.4) is 0 Å². The summed E-state index contributed by atoms with van der Waals surface area (Å²) in [5.41, 5.74) is 0.724. The number of rotatable bonds is 4. The third kappa shape index (κ3) is 4.59. The maximum atomic E-state index is 14.4. The maximum absolute atomic E-state index is 14.4. The van der Waals surface area contributed by atoms with E-state index in [1.54, 1.807) is 6.07 Å².